The Labute approximate surface area is 108 Å². The molecule has 1 aliphatic rings. The summed E-state index contributed by atoms with van der Waals surface area (Å²) >= 11 is 0. The molecule has 1 aliphatic carbocycles. The van der Waals surface area contributed by atoms with Crippen LogP contribution in [-0.4, -0.2) is 17.3 Å². The van der Waals surface area contributed by atoms with Crippen molar-refractivity contribution >= 4 is 5.69 Å². The van der Waals surface area contributed by atoms with Crippen molar-refractivity contribution in [3.63, 3.8) is 0 Å². The van der Waals surface area contributed by atoms with Gasteiger partial charge in [0.2, 0.25) is 0 Å². The van der Waals surface area contributed by atoms with Gasteiger partial charge in [-0.1, -0.05) is 12.8 Å². The Balaban J connectivity index is 2.22. The summed E-state index contributed by atoms with van der Waals surface area (Å²) in [4.78, 5) is 0. The molecule has 106 valence electrons. The molecule has 0 unspecified atom stereocenters. The maximum atomic E-state index is 13.7. The highest BCUT2D eigenvalue weighted by molar-refractivity contribution is 5.49. The zero-order valence-electron chi connectivity index (χ0n) is 10.2. The first kappa shape index (κ1) is 14.1. The van der Waals surface area contributed by atoms with Gasteiger partial charge in [-0.05, 0) is 31.0 Å². The molecule has 0 aliphatic heterocycles. The Morgan fingerprint density at radius 3 is 2.32 bits per heavy atom. The van der Waals surface area contributed by atoms with Crippen molar-refractivity contribution in [2.75, 3.05) is 11.9 Å². The van der Waals surface area contributed by atoms with Crippen LogP contribution in [0.4, 0.5) is 23.2 Å². The van der Waals surface area contributed by atoms with E-state index in [1.54, 1.807) is 0 Å². The van der Waals surface area contributed by atoms with E-state index in [9.17, 15) is 22.7 Å². The molecule has 2 nitrogen and oxygen atoms in total. The van der Waals surface area contributed by atoms with Crippen LogP contribution < -0.4 is 5.32 Å². The number of nitrogens with one attached hydrogen (secondary N) is 1. The Morgan fingerprint density at radius 2 is 1.84 bits per heavy atom. The summed E-state index contributed by atoms with van der Waals surface area (Å²) in [6.07, 6.45) is -1.36. The summed E-state index contributed by atoms with van der Waals surface area (Å²) in [5.41, 5.74) is -1.62. The molecule has 6 heteroatoms. The van der Waals surface area contributed by atoms with Gasteiger partial charge in [-0.3, -0.25) is 0 Å². The summed E-state index contributed by atoms with van der Waals surface area (Å²) in [6.45, 7) is -0.159. The summed E-state index contributed by atoms with van der Waals surface area (Å²) in [5, 5.41) is 12.2. The predicted octanol–water partition coefficient (Wildman–Crippen LogP) is 3.56. The first-order chi connectivity index (χ1) is 8.86. The normalized spacial score (nSPS) is 18.6. The zero-order valence-corrected chi connectivity index (χ0v) is 10.2. The van der Waals surface area contributed by atoms with E-state index in [0.717, 1.165) is 25.0 Å². The highest BCUT2D eigenvalue weighted by atomic mass is 19.4. The lowest BCUT2D eigenvalue weighted by molar-refractivity contribution is -0.137. The van der Waals surface area contributed by atoms with Gasteiger partial charge in [-0.2, -0.15) is 13.2 Å². The standard InChI is InChI=1S/C13H15F4NO/c14-10-7-9(13(15,16)17)3-4-11(10)18-12(8-19)5-1-2-6-12/h3-4,7,18-19H,1-2,5-6,8H2. The first-order valence-corrected chi connectivity index (χ1v) is 6.12. The van der Waals surface area contributed by atoms with Crippen LogP contribution in [0.3, 0.4) is 0 Å². The van der Waals surface area contributed by atoms with E-state index in [0.29, 0.717) is 18.9 Å². The van der Waals surface area contributed by atoms with E-state index >= 15 is 0 Å². The van der Waals surface area contributed by atoms with Crippen molar-refractivity contribution in [2.24, 2.45) is 0 Å². The van der Waals surface area contributed by atoms with E-state index in [4.69, 9.17) is 0 Å². The van der Waals surface area contributed by atoms with E-state index in [2.05, 4.69) is 5.32 Å². The molecule has 0 heterocycles. The number of halogens is 4. The average Bonchev–Trinajstić information content (AvgIpc) is 2.80. The molecule has 2 N–H and O–H groups in total. The third-order valence-corrected chi connectivity index (χ3v) is 3.56. The van der Waals surface area contributed by atoms with E-state index in [1.807, 2.05) is 0 Å². The molecule has 0 bridgehead atoms. The molecule has 0 radical (unpaired) electrons. The molecule has 0 amide bonds. The fourth-order valence-corrected chi connectivity index (χ4v) is 2.45. The molecule has 0 saturated heterocycles. The van der Waals surface area contributed by atoms with Crippen molar-refractivity contribution in [3.05, 3.63) is 29.6 Å². The van der Waals surface area contributed by atoms with Gasteiger partial charge in [0.1, 0.15) is 5.82 Å². The lowest BCUT2D eigenvalue weighted by atomic mass is 9.98. The number of hydrogen-bond donors (Lipinski definition) is 2. The van der Waals surface area contributed by atoms with Gasteiger partial charge < -0.3 is 10.4 Å². The summed E-state index contributed by atoms with van der Waals surface area (Å²) in [7, 11) is 0. The zero-order chi connectivity index (χ0) is 14.1. The topological polar surface area (TPSA) is 32.3 Å². The molecule has 19 heavy (non-hydrogen) atoms. The van der Waals surface area contributed by atoms with Crippen LogP contribution in [0.1, 0.15) is 31.2 Å². The van der Waals surface area contributed by atoms with Crippen LogP contribution in [0, 0.1) is 5.82 Å². The van der Waals surface area contributed by atoms with Gasteiger partial charge in [0.25, 0.3) is 0 Å². The largest absolute Gasteiger partial charge is 0.416 e. The Bertz CT molecular complexity index is 452. The Hall–Kier alpha value is -1.30. The van der Waals surface area contributed by atoms with Crippen LogP contribution in [0.5, 0.6) is 0 Å². The van der Waals surface area contributed by atoms with Gasteiger partial charge in [0.05, 0.1) is 23.4 Å². The molecule has 1 saturated carbocycles. The summed E-state index contributed by atoms with van der Waals surface area (Å²) in [5.74, 6) is -0.949. The number of hydrogen-bond acceptors (Lipinski definition) is 2. The number of benzene rings is 1. The first-order valence-electron chi connectivity index (χ1n) is 6.12. The maximum absolute atomic E-state index is 13.7. The van der Waals surface area contributed by atoms with Crippen molar-refractivity contribution in [1.82, 2.24) is 0 Å². The van der Waals surface area contributed by atoms with Gasteiger partial charge in [-0.15, -0.1) is 0 Å². The number of alkyl halides is 3. The molecule has 0 spiro atoms. The molecule has 0 aromatic heterocycles. The van der Waals surface area contributed by atoms with Crippen LogP contribution in [0.15, 0.2) is 18.2 Å². The minimum absolute atomic E-state index is 0.00366. The fraction of sp³-hybridized carbons (Fsp3) is 0.538. The molecule has 1 aromatic rings. The average molecular weight is 277 g/mol. The number of anilines is 1. The fourth-order valence-electron chi connectivity index (χ4n) is 2.45. The minimum Gasteiger partial charge on any atom is -0.394 e. The summed E-state index contributed by atoms with van der Waals surface area (Å²) in [6, 6.07) is 2.39. The van der Waals surface area contributed by atoms with Crippen molar-refractivity contribution in [2.45, 2.75) is 37.4 Å². The highest BCUT2D eigenvalue weighted by Crippen LogP contribution is 2.35. The third-order valence-electron chi connectivity index (χ3n) is 3.56. The molecular formula is C13H15F4NO. The smallest absolute Gasteiger partial charge is 0.394 e. The highest BCUT2D eigenvalue weighted by Gasteiger charge is 2.35. The van der Waals surface area contributed by atoms with E-state index < -0.39 is 23.1 Å². The van der Waals surface area contributed by atoms with Gasteiger partial charge >= 0.3 is 6.18 Å². The Kier molecular flexibility index (Phi) is 3.71. The third kappa shape index (κ3) is 3.00. The van der Waals surface area contributed by atoms with Crippen molar-refractivity contribution in [1.29, 1.82) is 0 Å². The second kappa shape index (κ2) is 5.00. The second-order valence-electron chi connectivity index (χ2n) is 4.96. The number of aliphatic hydroxyl groups excluding tert-OH is 1. The van der Waals surface area contributed by atoms with Crippen LogP contribution >= 0.6 is 0 Å². The quantitative estimate of drug-likeness (QED) is 0.828. The number of rotatable bonds is 3. The lowest BCUT2D eigenvalue weighted by Gasteiger charge is -2.29. The minimum atomic E-state index is -4.55. The SMILES string of the molecule is OCC1(Nc2ccc(C(F)(F)F)cc2F)CCCC1. The maximum Gasteiger partial charge on any atom is 0.416 e. The van der Waals surface area contributed by atoms with Gasteiger partial charge in [0, 0.05) is 0 Å². The van der Waals surface area contributed by atoms with Crippen LogP contribution in [-0.2, 0) is 6.18 Å². The number of aliphatic hydroxyl groups is 1. The monoisotopic (exact) mass is 277 g/mol. The molecule has 1 aromatic carbocycles. The van der Waals surface area contributed by atoms with Crippen LogP contribution in [0.2, 0.25) is 0 Å². The van der Waals surface area contributed by atoms with Crippen molar-refractivity contribution in [3.8, 4) is 0 Å². The lowest BCUT2D eigenvalue weighted by Crippen LogP contribution is -2.39. The van der Waals surface area contributed by atoms with Gasteiger partial charge in [0.15, 0.2) is 0 Å². The second-order valence-corrected chi connectivity index (χ2v) is 4.96. The van der Waals surface area contributed by atoms with Crippen molar-refractivity contribution < 1.29 is 22.7 Å². The molecule has 1 fully saturated rings. The molecule has 0 atom stereocenters. The van der Waals surface area contributed by atoms with E-state index in [1.165, 1.54) is 0 Å². The molecular weight excluding hydrogens is 262 g/mol. The summed E-state index contributed by atoms with van der Waals surface area (Å²) < 4.78 is 51.0. The molecule has 2 rings (SSSR count). The van der Waals surface area contributed by atoms with Crippen LogP contribution in [0.25, 0.3) is 0 Å². The predicted molar refractivity (Wildman–Crippen MR) is 63.3 cm³/mol. The Morgan fingerprint density at radius 1 is 1.21 bits per heavy atom. The van der Waals surface area contributed by atoms with Gasteiger partial charge in [-0.25, -0.2) is 4.39 Å². The van der Waals surface area contributed by atoms with E-state index in [-0.39, 0.29) is 12.3 Å².